The molecule has 0 bridgehead atoms. The lowest BCUT2D eigenvalue weighted by molar-refractivity contribution is 0.0528. The fourth-order valence-electron chi connectivity index (χ4n) is 1.53. The van der Waals surface area contributed by atoms with Crippen LogP contribution in [0.1, 0.15) is 20.8 Å². The van der Waals surface area contributed by atoms with E-state index in [1.54, 1.807) is 32.5 Å². The van der Waals surface area contributed by atoms with E-state index in [2.05, 4.69) is 16.0 Å². The van der Waals surface area contributed by atoms with Gasteiger partial charge in [0, 0.05) is 23.7 Å². The number of hydrogen-bond acceptors (Lipinski definition) is 4. The van der Waals surface area contributed by atoms with Crippen LogP contribution in [0.2, 0.25) is 0 Å². The van der Waals surface area contributed by atoms with Crippen molar-refractivity contribution in [3.63, 3.8) is 0 Å². The number of nitrogens with one attached hydrogen (secondary N) is 3. The van der Waals surface area contributed by atoms with Crippen LogP contribution in [0.3, 0.4) is 0 Å². The van der Waals surface area contributed by atoms with E-state index in [9.17, 15) is 9.59 Å². The van der Waals surface area contributed by atoms with Gasteiger partial charge < -0.3 is 20.7 Å². The number of hydrogen-bond donors (Lipinski definition) is 3. The Bertz CT molecular complexity index is 515. The van der Waals surface area contributed by atoms with Gasteiger partial charge in [0.15, 0.2) is 0 Å². The maximum absolute atomic E-state index is 11.7. The van der Waals surface area contributed by atoms with Crippen LogP contribution in [-0.2, 0) is 4.74 Å². The molecule has 7 heteroatoms. The molecule has 6 nitrogen and oxygen atoms in total. The number of carbonyl (C=O) groups excluding carboxylic acids is 2. The van der Waals surface area contributed by atoms with Gasteiger partial charge in [0.05, 0.1) is 0 Å². The monoisotopic (exact) mass is 325 g/mol. The third-order valence-electron chi connectivity index (χ3n) is 2.41. The van der Waals surface area contributed by atoms with Gasteiger partial charge >= 0.3 is 12.1 Å². The van der Waals surface area contributed by atoms with Gasteiger partial charge in [-0.3, -0.25) is 0 Å². The second-order valence-corrected chi connectivity index (χ2v) is 6.42. The molecule has 0 aliphatic heterocycles. The maximum atomic E-state index is 11.7. The van der Waals surface area contributed by atoms with Crippen molar-refractivity contribution in [2.75, 3.05) is 24.7 Å². The first-order chi connectivity index (χ1) is 10.3. The summed E-state index contributed by atoms with van der Waals surface area (Å²) in [4.78, 5) is 24.2. The fourth-order valence-corrected chi connectivity index (χ4v) is 1.99. The van der Waals surface area contributed by atoms with Crippen LogP contribution < -0.4 is 16.0 Å². The van der Waals surface area contributed by atoms with E-state index in [4.69, 9.17) is 4.74 Å². The smallest absolute Gasteiger partial charge is 0.407 e. The van der Waals surface area contributed by atoms with Crippen LogP contribution in [0.15, 0.2) is 29.2 Å². The zero-order valence-electron chi connectivity index (χ0n) is 13.4. The van der Waals surface area contributed by atoms with Gasteiger partial charge in [-0.2, -0.15) is 0 Å². The number of anilines is 1. The Morgan fingerprint density at radius 1 is 1.18 bits per heavy atom. The van der Waals surface area contributed by atoms with Crippen LogP contribution in [0.4, 0.5) is 15.3 Å². The van der Waals surface area contributed by atoms with Crippen molar-refractivity contribution in [1.82, 2.24) is 10.6 Å². The number of amides is 3. The van der Waals surface area contributed by atoms with E-state index in [1.165, 1.54) is 0 Å². The molecule has 1 aromatic carbocycles. The molecular formula is C15H23N3O3S. The summed E-state index contributed by atoms with van der Waals surface area (Å²) >= 11 is 1.61. The van der Waals surface area contributed by atoms with Gasteiger partial charge in [-0.15, -0.1) is 11.8 Å². The Balaban J connectivity index is 2.25. The largest absolute Gasteiger partial charge is 0.444 e. The standard InChI is InChI=1S/C15H23N3O3S/c1-15(2,3)21-14(20)17-9-8-16-13(19)18-11-6-5-7-12(10-11)22-4/h5-7,10H,8-9H2,1-4H3,(H,17,20)(H2,16,18,19). The van der Waals surface area contributed by atoms with Crippen LogP contribution in [0, 0.1) is 0 Å². The quantitative estimate of drug-likeness (QED) is 0.574. The zero-order valence-corrected chi connectivity index (χ0v) is 14.2. The summed E-state index contributed by atoms with van der Waals surface area (Å²) in [5.41, 5.74) is 0.196. The third kappa shape index (κ3) is 7.78. The average molecular weight is 325 g/mol. The number of benzene rings is 1. The highest BCUT2D eigenvalue weighted by Crippen LogP contribution is 2.18. The van der Waals surface area contributed by atoms with Crippen molar-refractivity contribution in [2.24, 2.45) is 0 Å². The van der Waals surface area contributed by atoms with Gasteiger partial charge in [-0.05, 0) is 45.2 Å². The lowest BCUT2D eigenvalue weighted by Crippen LogP contribution is -2.39. The van der Waals surface area contributed by atoms with Crippen molar-refractivity contribution in [1.29, 1.82) is 0 Å². The lowest BCUT2D eigenvalue weighted by Gasteiger charge is -2.19. The van der Waals surface area contributed by atoms with Gasteiger partial charge in [-0.25, -0.2) is 9.59 Å². The SMILES string of the molecule is CSc1cccc(NC(=O)NCCNC(=O)OC(C)(C)C)c1. The molecule has 0 saturated heterocycles. The van der Waals surface area contributed by atoms with Crippen LogP contribution in [0.5, 0.6) is 0 Å². The van der Waals surface area contributed by atoms with Crippen molar-refractivity contribution in [2.45, 2.75) is 31.3 Å². The molecule has 0 unspecified atom stereocenters. The molecule has 0 spiro atoms. The fraction of sp³-hybridized carbons (Fsp3) is 0.467. The Labute approximate surface area is 135 Å². The predicted octanol–water partition coefficient (Wildman–Crippen LogP) is 3.05. The molecule has 0 aromatic heterocycles. The van der Waals surface area contributed by atoms with Gasteiger partial charge in [0.25, 0.3) is 0 Å². The molecule has 0 saturated carbocycles. The molecule has 22 heavy (non-hydrogen) atoms. The summed E-state index contributed by atoms with van der Waals surface area (Å²) < 4.78 is 5.09. The topological polar surface area (TPSA) is 79.5 Å². The first-order valence-electron chi connectivity index (χ1n) is 6.96. The molecular weight excluding hydrogens is 302 g/mol. The molecule has 0 fully saturated rings. The van der Waals surface area contributed by atoms with E-state index in [0.717, 1.165) is 10.6 Å². The molecule has 3 amide bonds. The summed E-state index contributed by atoms with van der Waals surface area (Å²) in [6.07, 6.45) is 1.48. The summed E-state index contributed by atoms with van der Waals surface area (Å²) in [5.74, 6) is 0. The van der Waals surface area contributed by atoms with Gasteiger partial charge in [0.1, 0.15) is 5.60 Å². The first-order valence-corrected chi connectivity index (χ1v) is 8.18. The Kier molecular flexibility index (Phi) is 7.04. The molecule has 0 heterocycles. The molecule has 1 rings (SSSR count). The molecule has 0 radical (unpaired) electrons. The molecule has 0 aliphatic carbocycles. The zero-order chi connectivity index (χ0) is 16.6. The number of urea groups is 1. The summed E-state index contributed by atoms with van der Waals surface area (Å²) in [6, 6.07) is 7.25. The number of carbonyl (C=O) groups is 2. The normalized spacial score (nSPS) is 10.7. The third-order valence-corrected chi connectivity index (χ3v) is 3.13. The first kappa shape index (κ1) is 18.2. The van der Waals surface area contributed by atoms with Crippen molar-refractivity contribution in [3.05, 3.63) is 24.3 Å². The second-order valence-electron chi connectivity index (χ2n) is 5.54. The molecule has 0 aliphatic rings. The predicted molar refractivity (Wildman–Crippen MR) is 89.5 cm³/mol. The second kappa shape index (κ2) is 8.53. The minimum Gasteiger partial charge on any atom is -0.444 e. The van der Waals surface area contributed by atoms with E-state index in [1.807, 2.05) is 30.5 Å². The molecule has 122 valence electrons. The van der Waals surface area contributed by atoms with Crippen LogP contribution in [-0.4, -0.2) is 37.1 Å². The van der Waals surface area contributed by atoms with Gasteiger partial charge in [-0.1, -0.05) is 6.07 Å². The number of rotatable bonds is 5. The highest BCUT2D eigenvalue weighted by molar-refractivity contribution is 7.98. The van der Waals surface area contributed by atoms with Gasteiger partial charge in [0.2, 0.25) is 0 Å². The number of ether oxygens (including phenoxy) is 1. The van der Waals surface area contributed by atoms with E-state index < -0.39 is 11.7 Å². The van der Waals surface area contributed by atoms with Crippen molar-refractivity contribution in [3.8, 4) is 0 Å². The molecule has 1 aromatic rings. The summed E-state index contributed by atoms with van der Waals surface area (Å²) in [6.45, 7) is 5.99. The van der Waals surface area contributed by atoms with E-state index in [-0.39, 0.29) is 6.03 Å². The molecule has 0 atom stereocenters. The number of alkyl carbamates (subject to hydrolysis) is 1. The minimum absolute atomic E-state index is 0.299. The average Bonchev–Trinajstić information content (AvgIpc) is 2.42. The van der Waals surface area contributed by atoms with Crippen LogP contribution >= 0.6 is 11.8 Å². The van der Waals surface area contributed by atoms with Crippen molar-refractivity contribution < 1.29 is 14.3 Å². The summed E-state index contributed by atoms with van der Waals surface area (Å²) in [5, 5.41) is 7.97. The van der Waals surface area contributed by atoms with Crippen LogP contribution in [0.25, 0.3) is 0 Å². The highest BCUT2D eigenvalue weighted by Gasteiger charge is 2.15. The van der Waals surface area contributed by atoms with E-state index >= 15 is 0 Å². The maximum Gasteiger partial charge on any atom is 0.407 e. The Morgan fingerprint density at radius 2 is 1.86 bits per heavy atom. The number of thioether (sulfide) groups is 1. The Hall–Kier alpha value is -1.89. The lowest BCUT2D eigenvalue weighted by atomic mass is 10.2. The molecule has 3 N–H and O–H groups in total. The van der Waals surface area contributed by atoms with Crippen molar-refractivity contribution >= 4 is 29.6 Å². The minimum atomic E-state index is -0.531. The highest BCUT2D eigenvalue weighted by atomic mass is 32.2. The summed E-state index contributed by atoms with van der Waals surface area (Å²) in [7, 11) is 0. The van der Waals surface area contributed by atoms with E-state index in [0.29, 0.717) is 13.1 Å². The Morgan fingerprint density at radius 3 is 2.50 bits per heavy atom.